The lowest BCUT2D eigenvalue weighted by Gasteiger charge is -2.10. The molecule has 0 saturated carbocycles. The Labute approximate surface area is 118 Å². The van der Waals surface area contributed by atoms with Crippen molar-refractivity contribution >= 4 is 11.6 Å². The smallest absolute Gasteiger partial charge is 0.193 e. The highest BCUT2D eigenvalue weighted by Crippen LogP contribution is 2.15. The molecule has 0 fully saturated rings. The first-order valence-electron chi connectivity index (χ1n) is 6.33. The van der Waals surface area contributed by atoms with Crippen LogP contribution in [0, 0.1) is 0 Å². The summed E-state index contributed by atoms with van der Waals surface area (Å²) in [5, 5.41) is 3.09. The molecule has 20 heavy (non-hydrogen) atoms. The van der Waals surface area contributed by atoms with Crippen LogP contribution >= 0.6 is 0 Å². The Kier molecular flexibility index (Phi) is 5.08. The molecule has 0 bridgehead atoms. The van der Waals surface area contributed by atoms with Gasteiger partial charge in [0.15, 0.2) is 5.96 Å². The van der Waals surface area contributed by atoms with Crippen LogP contribution in [-0.2, 0) is 17.9 Å². The molecule has 0 unspecified atom stereocenters. The van der Waals surface area contributed by atoms with Crippen LogP contribution < -0.4 is 11.1 Å². The summed E-state index contributed by atoms with van der Waals surface area (Å²) in [6, 6.07) is 13.5. The SMILES string of the molecule is COCc1ccccc1NC(N)=NCc1ccccn1. The Bertz CT molecular complexity index is 569. The number of hydrogen-bond acceptors (Lipinski definition) is 3. The summed E-state index contributed by atoms with van der Waals surface area (Å²) in [6.45, 7) is 0.975. The molecule has 0 atom stereocenters. The number of anilines is 1. The predicted molar refractivity (Wildman–Crippen MR) is 80.3 cm³/mol. The zero-order chi connectivity index (χ0) is 14.2. The third-order valence-electron chi connectivity index (χ3n) is 2.72. The maximum Gasteiger partial charge on any atom is 0.193 e. The first-order chi connectivity index (χ1) is 9.79. The van der Waals surface area contributed by atoms with E-state index >= 15 is 0 Å². The monoisotopic (exact) mass is 270 g/mol. The fourth-order valence-electron chi connectivity index (χ4n) is 1.76. The van der Waals surface area contributed by atoms with Crippen molar-refractivity contribution in [1.82, 2.24) is 4.98 Å². The molecule has 3 N–H and O–H groups in total. The maximum atomic E-state index is 5.89. The van der Waals surface area contributed by atoms with Gasteiger partial charge >= 0.3 is 0 Å². The van der Waals surface area contributed by atoms with Gasteiger partial charge < -0.3 is 15.8 Å². The van der Waals surface area contributed by atoms with Gasteiger partial charge in [-0.15, -0.1) is 0 Å². The zero-order valence-corrected chi connectivity index (χ0v) is 11.4. The van der Waals surface area contributed by atoms with Crippen molar-refractivity contribution in [2.24, 2.45) is 10.7 Å². The van der Waals surface area contributed by atoms with E-state index in [1.165, 1.54) is 0 Å². The van der Waals surface area contributed by atoms with Gasteiger partial charge in [0.2, 0.25) is 0 Å². The molecule has 5 heteroatoms. The fraction of sp³-hybridized carbons (Fsp3) is 0.200. The molecule has 0 radical (unpaired) electrons. The number of para-hydroxylation sites is 1. The predicted octanol–water partition coefficient (Wildman–Crippen LogP) is 2.15. The van der Waals surface area contributed by atoms with E-state index in [4.69, 9.17) is 10.5 Å². The van der Waals surface area contributed by atoms with Crippen molar-refractivity contribution in [3.05, 3.63) is 59.9 Å². The molecule has 1 heterocycles. The quantitative estimate of drug-likeness (QED) is 0.645. The summed E-state index contributed by atoms with van der Waals surface area (Å²) in [7, 11) is 1.66. The van der Waals surface area contributed by atoms with Crippen molar-refractivity contribution < 1.29 is 4.74 Å². The number of nitrogens with zero attached hydrogens (tertiary/aromatic N) is 2. The van der Waals surface area contributed by atoms with Gasteiger partial charge in [-0.05, 0) is 18.2 Å². The standard InChI is InChI=1S/C15H18N4O/c1-20-11-12-6-2-3-8-14(12)19-15(16)18-10-13-7-4-5-9-17-13/h2-9H,10-11H2,1H3,(H3,16,18,19). The Balaban J connectivity index is 2.02. The van der Waals surface area contributed by atoms with Crippen LogP contribution in [0.15, 0.2) is 53.7 Å². The molecule has 0 saturated heterocycles. The molecule has 1 aromatic carbocycles. The molecule has 0 aliphatic carbocycles. The van der Waals surface area contributed by atoms with Gasteiger partial charge in [-0.25, -0.2) is 4.99 Å². The van der Waals surface area contributed by atoms with Gasteiger partial charge in [0.05, 0.1) is 18.8 Å². The second kappa shape index (κ2) is 7.25. The molecule has 2 rings (SSSR count). The van der Waals surface area contributed by atoms with E-state index in [0.29, 0.717) is 19.1 Å². The van der Waals surface area contributed by atoms with Gasteiger partial charge in [-0.1, -0.05) is 24.3 Å². The lowest BCUT2D eigenvalue weighted by Crippen LogP contribution is -2.23. The van der Waals surface area contributed by atoms with E-state index in [0.717, 1.165) is 16.9 Å². The highest BCUT2D eigenvalue weighted by Gasteiger charge is 2.02. The van der Waals surface area contributed by atoms with Crippen LogP contribution in [-0.4, -0.2) is 18.1 Å². The second-order valence-electron chi connectivity index (χ2n) is 4.24. The Morgan fingerprint density at radius 2 is 2.05 bits per heavy atom. The Morgan fingerprint density at radius 3 is 2.80 bits per heavy atom. The minimum absolute atomic E-state index is 0.360. The minimum atomic E-state index is 0.360. The number of guanidine groups is 1. The molecular formula is C15H18N4O. The third-order valence-corrected chi connectivity index (χ3v) is 2.72. The van der Waals surface area contributed by atoms with Gasteiger partial charge in [-0.2, -0.15) is 0 Å². The number of nitrogens with two attached hydrogens (primary N) is 1. The summed E-state index contributed by atoms with van der Waals surface area (Å²) in [5.41, 5.74) is 8.70. The number of rotatable bonds is 5. The number of ether oxygens (including phenoxy) is 1. The normalized spacial score (nSPS) is 11.3. The molecule has 5 nitrogen and oxygen atoms in total. The first kappa shape index (κ1) is 14.0. The molecule has 0 spiro atoms. The Hall–Kier alpha value is -2.40. The maximum absolute atomic E-state index is 5.89. The summed E-state index contributed by atoms with van der Waals surface area (Å²) >= 11 is 0. The number of nitrogens with one attached hydrogen (secondary N) is 1. The highest BCUT2D eigenvalue weighted by molar-refractivity contribution is 5.92. The van der Waals surface area contributed by atoms with Gasteiger partial charge in [0.1, 0.15) is 0 Å². The average Bonchev–Trinajstić information content (AvgIpc) is 2.49. The second-order valence-corrected chi connectivity index (χ2v) is 4.24. The van der Waals surface area contributed by atoms with E-state index in [9.17, 15) is 0 Å². The van der Waals surface area contributed by atoms with Crippen molar-refractivity contribution in [3.63, 3.8) is 0 Å². The molecule has 2 aromatic rings. The van der Waals surface area contributed by atoms with Crippen molar-refractivity contribution in [2.75, 3.05) is 12.4 Å². The van der Waals surface area contributed by atoms with Crippen LogP contribution in [0.1, 0.15) is 11.3 Å². The zero-order valence-electron chi connectivity index (χ0n) is 11.4. The van der Waals surface area contributed by atoms with E-state index < -0.39 is 0 Å². The number of hydrogen-bond donors (Lipinski definition) is 2. The molecule has 0 aliphatic heterocycles. The van der Waals surface area contributed by atoms with Crippen LogP contribution in [0.3, 0.4) is 0 Å². The number of methoxy groups -OCH3 is 1. The molecule has 0 aliphatic rings. The van der Waals surface area contributed by atoms with E-state index in [2.05, 4.69) is 15.3 Å². The third kappa shape index (κ3) is 4.07. The van der Waals surface area contributed by atoms with Crippen molar-refractivity contribution in [2.45, 2.75) is 13.2 Å². The van der Waals surface area contributed by atoms with Crippen LogP contribution in [0.2, 0.25) is 0 Å². The number of pyridine rings is 1. The lowest BCUT2D eigenvalue weighted by molar-refractivity contribution is 0.185. The number of aliphatic imine (C=N–C) groups is 1. The van der Waals surface area contributed by atoms with Crippen LogP contribution in [0.25, 0.3) is 0 Å². The van der Waals surface area contributed by atoms with Crippen molar-refractivity contribution in [3.8, 4) is 0 Å². The average molecular weight is 270 g/mol. The summed E-state index contributed by atoms with van der Waals surface area (Å²) in [6.07, 6.45) is 1.74. The van der Waals surface area contributed by atoms with Gasteiger partial charge in [0.25, 0.3) is 0 Å². The van der Waals surface area contributed by atoms with Crippen molar-refractivity contribution in [1.29, 1.82) is 0 Å². The highest BCUT2D eigenvalue weighted by atomic mass is 16.5. The number of benzene rings is 1. The van der Waals surface area contributed by atoms with E-state index in [1.54, 1.807) is 13.3 Å². The largest absolute Gasteiger partial charge is 0.380 e. The summed E-state index contributed by atoms with van der Waals surface area (Å²) < 4.78 is 5.15. The van der Waals surface area contributed by atoms with Gasteiger partial charge in [-0.3, -0.25) is 4.98 Å². The van der Waals surface area contributed by atoms with Crippen LogP contribution in [0.5, 0.6) is 0 Å². The number of aromatic nitrogens is 1. The molecule has 0 amide bonds. The van der Waals surface area contributed by atoms with Crippen LogP contribution in [0.4, 0.5) is 5.69 Å². The molecule has 1 aromatic heterocycles. The summed E-state index contributed by atoms with van der Waals surface area (Å²) in [5.74, 6) is 0.360. The fourth-order valence-corrected chi connectivity index (χ4v) is 1.76. The molecule has 104 valence electrons. The first-order valence-corrected chi connectivity index (χ1v) is 6.33. The Morgan fingerprint density at radius 1 is 1.25 bits per heavy atom. The van der Waals surface area contributed by atoms with E-state index in [1.807, 2.05) is 42.5 Å². The topological polar surface area (TPSA) is 72.5 Å². The molecular weight excluding hydrogens is 252 g/mol. The van der Waals surface area contributed by atoms with Gasteiger partial charge in [0, 0.05) is 24.6 Å². The summed E-state index contributed by atoms with van der Waals surface area (Å²) in [4.78, 5) is 8.47. The lowest BCUT2D eigenvalue weighted by atomic mass is 10.2. The van der Waals surface area contributed by atoms with E-state index in [-0.39, 0.29) is 0 Å². The minimum Gasteiger partial charge on any atom is -0.380 e.